The maximum atomic E-state index is 11.4. The number of benzene rings is 1. The Kier molecular flexibility index (Phi) is 2.41. The Morgan fingerprint density at radius 1 is 1.53 bits per heavy atom. The van der Waals surface area contributed by atoms with Crippen molar-refractivity contribution in [2.75, 3.05) is 11.9 Å². The number of rotatable bonds is 3. The lowest BCUT2D eigenvalue weighted by atomic mass is 10.1. The van der Waals surface area contributed by atoms with E-state index in [0.29, 0.717) is 19.4 Å². The molecule has 1 heterocycles. The minimum absolute atomic E-state index is 0.116. The van der Waals surface area contributed by atoms with E-state index in [1.807, 2.05) is 18.2 Å². The third-order valence-electron chi connectivity index (χ3n) is 2.61. The fourth-order valence-corrected chi connectivity index (χ4v) is 1.79. The normalized spacial score (nSPS) is 13.9. The summed E-state index contributed by atoms with van der Waals surface area (Å²) in [6.07, 6.45) is 1.13. The van der Waals surface area contributed by atoms with Crippen molar-refractivity contribution in [2.24, 2.45) is 0 Å². The van der Waals surface area contributed by atoms with E-state index in [2.05, 4.69) is 5.32 Å². The highest BCUT2D eigenvalue weighted by molar-refractivity contribution is 6.00. The van der Waals surface area contributed by atoms with Crippen molar-refractivity contribution < 1.29 is 9.59 Å². The molecular weight excluding hydrogens is 192 g/mol. The molecule has 0 aliphatic carbocycles. The maximum absolute atomic E-state index is 11.4. The van der Waals surface area contributed by atoms with Crippen LogP contribution >= 0.6 is 0 Å². The molecule has 2 rings (SSSR count). The van der Waals surface area contributed by atoms with Crippen molar-refractivity contribution in [1.82, 2.24) is 5.32 Å². The van der Waals surface area contributed by atoms with Gasteiger partial charge in [0.15, 0.2) is 0 Å². The number of carbonyl (C=O) groups is 2. The van der Waals surface area contributed by atoms with Gasteiger partial charge in [-0.3, -0.25) is 9.59 Å². The second kappa shape index (κ2) is 3.73. The van der Waals surface area contributed by atoms with Gasteiger partial charge in [0.05, 0.1) is 6.42 Å². The Labute approximate surface area is 87.9 Å². The summed E-state index contributed by atoms with van der Waals surface area (Å²) < 4.78 is 0. The zero-order valence-corrected chi connectivity index (χ0v) is 8.49. The SMILES string of the molecule is CN1C(=O)Cc2cc(CNC=O)ccc21. The molecule has 0 saturated heterocycles. The van der Waals surface area contributed by atoms with Crippen molar-refractivity contribution in [3.05, 3.63) is 29.3 Å². The van der Waals surface area contributed by atoms with E-state index >= 15 is 0 Å². The van der Waals surface area contributed by atoms with Gasteiger partial charge in [0, 0.05) is 19.3 Å². The van der Waals surface area contributed by atoms with Gasteiger partial charge in [0.2, 0.25) is 12.3 Å². The highest BCUT2D eigenvalue weighted by Gasteiger charge is 2.23. The van der Waals surface area contributed by atoms with Gasteiger partial charge in [0.25, 0.3) is 0 Å². The van der Waals surface area contributed by atoms with Crippen molar-refractivity contribution in [2.45, 2.75) is 13.0 Å². The molecule has 1 aliphatic heterocycles. The predicted octanol–water partition coefficient (Wildman–Crippen LogP) is 0.451. The lowest BCUT2D eigenvalue weighted by Crippen LogP contribution is -2.20. The Balaban J connectivity index is 2.25. The summed E-state index contributed by atoms with van der Waals surface area (Å²) in [7, 11) is 1.78. The molecule has 0 unspecified atom stereocenters. The van der Waals surface area contributed by atoms with E-state index < -0.39 is 0 Å². The summed E-state index contributed by atoms with van der Waals surface area (Å²) in [6.45, 7) is 0.509. The van der Waals surface area contributed by atoms with Gasteiger partial charge in [-0.2, -0.15) is 0 Å². The third kappa shape index (κ3) is 1.70. The monoisotopic (exact) mass is 204 g/mol. The molecule has 4 heteroatoms. The van der Waals surface area contributed by atoms with Crippen LogP contribution in [0.2, 0.25) is 0 Å². The van der Waals surface area contributed by atoms with Gasteiger partial charge in [-0.1, -0.05) is 12.1 Å². The van der Waals surface area contributed by atoms with Crippen LogP contribution in [-0.4, -0.2) is 19.4 Å². The number of anilines is 1. The molecule has 0 aromatic heterocycles. The van der Waals surface area contributed by atoms with E-state index in [1.54, 1.807) is 11.9 Å². The molecule has 0 fully saturated rings. The zero-order chi connectivity index (χ0) is 10.8. The molecule has 0 spiro atoms. The van der Waals surface area contributed by atoms with Crippen molar-refractivity contribution in [3.63, 3.8) is 0 Å². The molecule has 1 aliphatic rings. The van der Waals surface area contributed by atoms with Crippen LogP contribution in [0.1, 0.15) is 11.1 Å². The maximum Gasteiger partial charge on any atom is 0.231 e. The Morgan fingerprint density at radius 2 is 2.33 bits per heavy atom. The summed E-state index contributed by atoms with van der Waals surface area (Å²) in [5.74, 6) is 0.116. The van der Waals surface area contributed by atoms with Crippen molar-refractivity contribution in [1.29, 1.82) is 0 Å². The Hall–Kier alpha value is -1.84. The van der Waals surface area contributed by atoms with Crippen LogP contribution in [0.4, 0.5) is 5.69 Å². The molecule has 0 radical (unpaired) electrons. The highest BCUT2D eigenvalue weighted by atomic mass is 16.2. The second-order valence-electron chi connectivity index (χ2n) is 3.59. The predicted molar refractivity (Wildman–Crippen MR) is 56.5 cm³/mol. The largest absolute Gasteiger partial charge is 0.355 e. The average Bonchev–Trinajstić information content (AvgIpc) is 2.52. The summed E-state index contributed by atoms with van der Waals surface area (Å²) in [5.41, 5.74) is 3.02. The topological polar surface area (TPSA) is 49.4 Å². The van der Waals surface area contributed by atoms with Gasteiger partial charge in [-0.25, -0.2) is 0 Å². The van der Waals surface area contributed by atoms with Crippen LogP contribution in [-0.2, 0) is 22.6 Å². The second-order valence-corrected chi connectivity index (χ2v) is 3.59. The number of amides is 2. The highest BCUT2D eigenvalue weighted by Crippen LogP contribution is 2.28. The lowest BCUT2D eigenvalue weighted by molar-refractivity contribution is -0.117. The molecule has 4 nitrogen and oxygen atoms in total. The standard InChI is InChI=1S/C11H12N2O2/c1-13-10-3-2-8(6-12-7-14)4-9(10)5-11(13)15/h2-4,7H,5-6H2,1H3,(H,12,14). The number of hydrogen-bond donors (Lipinski definition) is 1. The minimum atomic E-state index is 0.116. The fraction of sp³-hybridized carbons (Fsp3) is 0.273. The number of nitrogens with zero attached hydrogens (tertiary/aromatic N) is 1. The van der Waals surface area contributed by atoms with Crippen LogP contribution in [0.25, 0.3) is 0 Å². The number of carbonyl (C=O) groups excluding carboxylic acids is 2. The molecule has 1 aromatic rings. The summed E-state index contributed by atoms with van der Waals surface area (Å²) in [6, 6.07) is 5.81. The first-order valence-electron chi connectivity index (χ1n) is 4.78. The average molecular weight is 204 g/mol. The molecule has 2 amide bonds. The van der Waals surface area contributed by atoms with Crippen LogP contribution < -0.4 is 10.2 Å². The third-order valence-corrected chi connectivity index (χ3v) is 2.61. The summed E-state index contributed by atoms with van der Waals surface area (Å²) in [5, 5.41) is 2.60. The molecule has 1 aromatic carbocycles. The van der Waals surface area contributed by atoms with E-state index in [0.717, 1.165) is 16.8 Å². The molecular formula is C11H12N2O2. The van der Waals surface area contributed by atoms with E-state index in [4.69, 9.17) is 0 Å². The van der Waals surface area contributed by atoms with E-state index in [1.165, 1.54) is 0 Å². The van der Waals surface area contributed by atoms with Gasteiger partial charge in [-0.05, 0) is 17.2 Å². The Morgan fingerprint density at radius 3 is 3.07 bits per heavy atom. The molecule has 15 heavy (non-hydrogen) atoms. The lowest BCUT2D eigenvalue weighted by Gasteiger charge is -2.10. The summed E-state index contributed by atoms with van der Waals surface area (Å²) >= 11 is 0. The first-order valence-corrected chi connectivity index (χ1v) is 4.78. The molecule has 0 bridgehead atoms. The minimum Gasteiger partial charge on any atom is -0.355 e. The van der Waals surface area contributed by atoms with E-state index in [-0.39, 0.29) is 5.91 Å². The van der Waals surface area contributed by atoms with Gasteiger partial charge in [0.1, 0.15) is 0 Å². The van der Waals surface area contributed by atoms with Crippen molar-refractivity contribution in [3.8, 4) is 0 Å². The quantitative estimate of drug-likeness (QED) is 0.727. The zero-order valence-electron chi connectivity index (χ0n) is 8.49. The number of likely N-dealkylation sites (N-methyl/N-ethyl adjacent to an activating group) is 1. The van der Waals surface area contributed by atoms with Gasteiger partial charge >= 0.3 is 0 Å². The van der Waals surface area contributed by atoms with Crippen molar-refractivity contribution >= 4 is 18.0 Å². The number of hydrogen-bond acceptors (Lipinski definition) is 2. The van der Waals surface area contributed by atoms with Crippen LogP contribution in [0.5, 0.6) is 0 Å². The molecule has 0 saturated carbocycles. The van der Waals surface area contributed by atoms with E-state index in [9.17, 15) is 9.59 Å². The van der Waals surface area contributed by atoms with Gasteiger partial charge in [-0.15, -0.1) is 0 Å². The Bertz CT molecular complexity index is 415. The van der Waals surface area contributed by atoms with Crippen LogP contribution in [0.15, 0.2) is 18.2 Å². The molecule has 1 N–H and O–H groups in total. The van der Waals surface area contributed by atoms with Crippen LogP contribution in [0, 0.1) is 0 Å². The number of fused-ring (bicyclic) bond motifs is 1. The first-order chi connectivity index (χ1) is 7.22. The van der Waals surface area contributed by atoms with Crippen LogP contribution in [0.3, 0.4) is 0 Å². The summed E-state index contributed by atoms with van der Waals surface area (Å²) in [4.78, 5) is 23.2. The smallest absolute Gasteiger partial charge is 0.231 e. The van der Waals surface area contributed by atoms with Gasteiger partial charge < -0.3 is 10.2 Å². The fourth-order valence-electron chi connectivity index (χ4n) is 1.79. The molecule has 0 atom stereocenters. The molecule has 78 valence electrons. The first kappa shape index (κ1) is 9.71. The number of nitrogens with one attached hydrogen (secondary N) is 1.